The first-order valence-electron chi connectivity index (χ1n) is 6.25. The Hall–Kier alpha value is -0.390. The minimum absolute atomic E-state index is 0.0503. The van der Waals surface area contributed by atoms with Gasteiger partial charge in [-0.3, -0.25) is 4.79 Å². The Kier molecular flexibility index (Phi) is 4.69. The lowest BCUT2D eigenvalue weighted by Gasteiger charge is -2.31. The first kappa shape index (κ1) is 15.0. The van der Waals surface area contributed by atoms with E-state index in [9.17, 15) is 4.79 Å². The normalized spacial score (nSPS) is 13.7. The quantitative estimate of drug-likeness (QED) is 0.773. The number of carbonyl (C=O) groups is 1. The van der Waals surface area contributed by atoms with E-state index in [-0.39, 0.29) is 17.4 Å². The number of thiophene rings is 2. The smallest absolute Gasteiger partial charge is 0.261 e. The first-order chi connectivity index (χ1) is 8.91. The molecule has 0 aliphatic rings. The van der Waals surface area contributed by atoms with Crippen molar-refractivity contribution in [2.75, 3.05) is 5.33 Å². The van der Waals surface area contributed by atoms with E-state index < -0.39 is 0 Å². The van der Waals surface area contributed by atoms with Gasteiger partial charge in [-0.05, 0) is 29.3 Å². The van der Waals surface area contributed by atoms with Gasteiger partial charge in [-0.15, -0.1) is 22.7 Å². The predicted molar refractivity (Wildman–Crippen MR) is 88.8 cm³/mol. The van der Waals surface area contributed by atoms with Crippen molar-refractivity contribution in [2.24, 2.45) is 5.41 Å². The largest absolute Gasteiger partial charge is 0.348 e. The Morgan fingerprint density at radius 3 is 2.74 bits per heavy atom. The van der Waals surface area contributed by atoms with Gasteiger partial charge >= 0.3 is 0 Å². The van der Waals surface area contributed by atoms with E-state index in [1.165, 1.54) is 9.40 Å². The number of hydrogen-bond donors (Lipinski definition) is 1. The molecule has 2 aromatic rings. The van der Waals surface area contributed by atoms with Gasteiger partial charge in [-0.1, -0.05) is 36.7 Å². The summed E-state index contributed by atoms with van der Waals surface area (Å²) in [6.07, 6.45) is 0.939. The lowest BCUT2D eigenvalue weighted by molar-refractivity contribution is 0.0905. The van der Waals surface area contributed by atoms with Crippen LogP contribution in [0.25, 0.3) is 9.40 Å². The van der Waals surface area contributed by atoms with Gasteiger partial charge in [0, 0.05) is 20.8 Å². The van der Waals surface area contributed by atoms with Crippen LogP contribution in [0.4, 0.5) is 0 Å². The van der Waals surface area contributed by atoms with Crippen LogP contribution in [0.2, 0.25) is 0 Å². The molecule has 0 aliphatic carbocycles. The zero-order valence-electron chi connectivity index (χ0n) is 11.3. The third kappa shape index (κ3) is 3.58. The van der Waals surface area contributed by atoms with Gasteiger partial charge in [-0.25, -0.2) is 0 Å². The van der Waals surface area contributed by atoms with Crippen LogP contribution in [0.5, 0.6) is 0 Å². The van der Waals surface area contributed by atoms with Gasteiger partial charge in [0.2, 0.25) is 0 Å². The van der Waals surface area contributed by atoms with Crippen molar-refractivity contribution in [3.63, 3.8) is 0 Å². The molecule has 19 heavy (non-hydrogen) atoms. The van der Waals surface area contributed by atoms with Crippen molar-refractivity contribution in [1.29, 1.82) is 0 Å². The van der Waals surface area contributed by atoms with Gasteiger partial charge in [0.1, 0.15) is 0 Å². The number of rotatable bonds is 4. The Balaban J connectivity index is 2.13. The maximum atomic E-state index is 12.3. The summed E-state index contributed by atoms with van der Waals surface area (Å²) in [4.78, 5) is 13.1. The third-order valence-corrected chi connectivity index (χ3v) is 5.66. The maximum absolute atomic E-state index is 12.3. The second-order valence-electron chi connectivity index (χ2n) is 5.63. The summed E-state index contributed by atoms with van der Waals surface area (Å²) >= 11 is 6.72. The maximum Gasteiger partial charge on any atom is 0.261 e. The zero-order valence-corrected chi connectivity index (χ0v) is 14.5. The van der Waals surface area contributed by atoms with Crippen molar-refractivity contribution in [3.8, 4) is 0 Å². The molecule has 2 rings (SSSR count). The average molecular weight is 360 g/mol. The monoisotopic (exact) mass is 359 g/mol. The number of nitrogens with one attached hydrogen (secondary N) is 1. The highest BCUT2D eigenvalue weighted by Gasteiger charge is 2.26. The summed E-state index contributed by atoms with van der Waals surface area (Å²) in [5.41, 5.74) is 0.0675. The summed E-state index contributed by atoms with van der Waals surface area (Å²) in [5.74, 6) is 0.0503. The molecule has 0 bridgehead atoms. The minimum Gasteiger partial charge on any atom is -0.348 e. The molecule has 0 aliphatic heterocycles. The van der Waals surface area contributed by atoms with Gasteiger partial charge in [0.05, 0.1) is 4.88 Å². The van der Waals surface area contributed by atoms with Crippen LogP contribution in [-0.2, 0) is 0 Å². The van der Waals surface area contributed by atoms with Crippen molar-refractivity contribution in [3.05, 3.63) is 22.4 Å². The fourth-order valence-corrected chi connectivity index (χ4v) is 4.41. The minimum atomic E-state index is 0.0503. The highest BCUT2D eigenvalue weighted by molar-refractivity contribution is 9.09. The van der Waals surface area contributed by atoms with Crippen molar-refractivity contribution >= 4 is 53.9 Å². The van der Waals surface area contributed by atoms with Crippen LogP contribution in [0.1, 0.15) is 36.9 Å². The summed E-state index contributed by atoms with van der Waals surface area (Å²) in [7, 11) is 0. The van der Waals surface area contributed by atoms with E-state index in [4.69, 9.17) is 0 Å². The Morgan fingerprint density at radius 2 is 2.16 bits per heavy atom. The molecule has 1 atom stereocenters. The molecular formula is C14H18BrNOS2. The standard InChI is InChI=1S/C14H18BrNOS2/c1-14(2,3)12(4-6-15)16-13(17)11-8-10-9(19-11)5-7-18-10/h5,7-8,12H,4,6H2,1-3H3,(H,16,17). The molecule has 104 valence electrons. The number of amides is 1. The second-order valence-corrected chi connectivity index (χ2v) is 8.45. The number of alkyl halides is 1. The Bertz CT molecular complexity index is 539. The van der Waals surface area contributed by atoms with Gasteiger partial charge in [-0.2, -0.15) is 0 Å². The van der Waals surface area contributed by atoms with Crippen molar-refractivity contribution < 1.29 is 4.79 Å². The highest BCUT2D eigenvalue weighted by Crippen LogP contribution is 2.30. The molecular weight excluding hydrogens is 342 g/mol. The summed E-state index contributed by atoms with van der Waals surface area (Å²) in [6, 6.07) is 4.24. The van der Waals surface area contributed by atoms with Crippen LogP contribution >= 0.6 is 38.6 Å². The molecule has 0 spiro atoms. The molecule has 1 unspecified atom stereocenters. The SMILES string of the molecule is CC(C)(C)C(CCBr)NC(=O)c1cc2sccc2s1. The molecule has 2 nitrogen and oxygen atoms in total. The van der Waals surface area contributed by atoms with Gasteiger partial charge in [0.25, 0.3) is 5.91 Å². The molecule has 5 heteroatoms. The predicted octanol–water partition coefficient (Wildman–Crippen LogP) is 4.89. The summed E-state index contributed by atoms with van der Waals surface area (Å²) in [5, 5.41) is 6.13. The lowest BCUT2D eigenvalue weighted by Crippen LogP contribution is -2.43. The van der Waals surface area contributed by atoms with E-state index in [2.05, 4.69) is 53.5 Å². The Labute approximate surface area is 130 Å². The molecule has 0 saturated heterocycles. The van der Waals surface area contributed by atoms with Crippen LogP contribution in [0.15, 0.2) is 17.5 Å². The van der Waals surface area contributed by atoms with Gasteiger partial charge < -0.3 is 5.32 Å². The summed E-state index contributed by atoms with van der Waals surface area (Å²) < 4.78 is 2.39. The van der Waals surface area contributed by atoms with E-state index >= 15 is 0 Å². The molecule has 0 saturated carbocycles. The topological polar surface area (TPSA) is 29.1 Å². The lowest BCUT2D eigenvalue weighted by atomic mass is 9.85. The highest BCUT2D eigenvalue weighted by atomic mass is 79.9. The third-order valence-electron chi connectivity index (χ3n) is 3.11. The van der Waals surface area contributed by atoms with Crippen molar-refractivity contribution in [1.82, 2.24) is 5.32 Å². The molecule has 2 heterocycles. The molecule has 2 aromatic heterocycles. The van der Waals surface area contributed by atoms with E-state index in [1.54, 1.807) is 22.7 Å². The fourth-order valence-electron chi connectivity index (χ4n) is 1.94. The molecule has 1 amide bonds. The molecule has 1 N–H and O–H groups in total. The fraction of sp³-hybridized carbons (Fsp3) is 0.500. The van der Waals surface area contributed by atoms with Crippen molar-refractivity contribution in [2.45, 2.75) is 33.2 Å². The number of halogens is 1. The van der Waals surface area contributed by atoms with Crippen LogP contribution < -0.4 is 5.32 Å². The average Bonchev–Trinajstić information content (AvgIpc) is 2.86. The van der Waals surface area contributed by atoms with E-state index in [1.807, 2.05) is 6.07 Å². The van der Waals surface area contributed by atoms with E-state index in [0.29, 0.717) is 0 Å². The molecule has 0 radical (unpaired) electrons. The van der Waals surface area contributed by atoms with Crippen LogP contribution in [-0.4, -0.2) is 17.3 Å². The van der Waals surface area contributed by atoms with E-state index in [0.717, 1.165) is 16.6 Å². The number of carbonyl (C=O) groups excluding carboxylic acids is 1. The number of hydrogen-bond acceptors (Lipinski definition) is 3. The summed E-state index contributed by atoms with van der Waals surface area (Å²) in [6.45, 7) is 6.48. The second kappa shape index (κ2) is 5.94. The first-order valence-corrected chi connectivity index (χ1v) is 9.07. The number of fused-ring (bicyclic) bond motifs is 1. The Morgan fingerprint density at radius 1 is 1.42 bits per heavy atom. The van der Waals surface area contributed by atoms with Crippen LogP contribution in [0.3, 0.4) is 0 Å². The van der Waals surface area contributed by atoms with Gasteiger partial charge in [0.15, 0.2) is 0 Å². The molecule has 0 fully saturated rings. The molecule has 0 aromatic carbocycles. The zero-order chi connectivity index (χ0) is 14.0. The van der Waals surface area contributed by atoms with Crippen LogP contribution in [0, 0.1) is 5.41 Å².